The van der Waals surface area contributed by atoms with Crippen molar-refractivity contribution in [1.82, 2.24) is 4.90 Å². The molecule has 50 heavy (non-hydrogen) atoms. The number of esters is 2. The summed E-state index contributed by atoms with van der Waals surface area (Å²) in [6.07, 6.45) is 28.6. The Morgan fingerprint density at radius 1 is 0.600 bits per heavy atom. The van der Waals surface area contributed by atoms with Gasteiger partial charge in [0, 0.05) is 12.8 Å². The molecule has 2 N–H and O–H groups in total. The number of rotatable bonds is 34. The molecular weight excluding hydrogens is 632 g/mol. The molecule has 0 atom stereocenters. The molecule has 294 valence electrons. The second kappa shape index (κ2) is 28.3. The fraction of sp³-hybridized carbons (Fsp3) is 0.951. The van der Waals surface area contributed by atoms with Crippen LogP contribution in [0.15, 0.2) is 0 Å². The van der Waals surface area contributed by atoms with Crippen LogP contribution in [0.5, 0.6) is 0 Å². The van der Waals surface area contributed by atoms with E-state index in [2.05, 4.69) is 25.7 Å². The summed E-state index contributed by atoms with van der Waals surface area (Å²) in [6.45, 7) is 10.1. The van der Waals surface area contributed by atoms with Gasteiger partial charge < -0.3 is 29.4 Å². The van der Waals surface area contributed by atoms with Crippen LogP contribution >= 0.6 is 0 Å². The van der Waals surface area contributed by atoms with E-state index in [1.807, 2.05) is 0 Å². The molecule has 3 rings (SSSR count). The molecule has 3 aliphatic rings. The second-order valence-corrected chi connectivity index (χ2v) is 15.3. The topological polar surface area (TPSA) is 110 Å². The van der Waals surface area contributed by atoms with Crippen molar-refractivity contribution in [1.29, 1.82) is 0 Å². The standard InChI is InChI=1S/C41H78N2O7/c1-4-7-10-13-16-17-20-23-32-46-38(44)28-24-30-43(33-41-47-34-40(42,35-48-41)36-49-41)31-25-29-39(45)50-37(26-21-18-14-11-8-5-2)27-22-19-15-12-9-6-3/h37H,4-36,42H2,1-3H3. The molecule has 0 spiro atoms. The minimum absolute atomic E-state index is 0.0165. The summed E-state index contributed by atoms with van der Waals surface area (Å²) in [4.78, 5) is 27.7. The first-order valence-electron chi connectivity index (χ1n) is 21.1. The Hall–Kier alpha value is -1.26. The van der Waals surface area contributed by atoms with Crippen molar-refractivity contribution in [3.05, 3.63) is 0 Å². The molecule has 9 nitrogen and oxygen atoms in total. The van der Waals surface area contributed by atoms with E-state index >= 15 is 0 Å². The van der Waals surface area contributed by atoms with Crippen molar-refractivity contribution in [3.8, 4) is 0 Å². The van der Waals surface area contributed by atoms with E-state index in [9.17, 15) is 9.59 Å². The molecule has 0 aromatic heterocycles. The molecule has 3 aliphatic heterocycles. The fourth-order valence-electron chi connectivity index (χ4n) is 6.89. The monoisotopic (exact) mass is 711 g/mol. The minimum Gasteiger partial charge on any atom is -0.466 e. The highest BCUT2D eigenvalue weighted by atomic mass is 16.9. The maximum atomic E-state index is 13.1. The Balaban J connectivity index is 1.78. The maximum absolute atomic E-state index is 13.1. The highest BCUT2D eigenvalue weighted by molar-refractivity contribution is 5.69. The molecular formula is C41H78N2O7. The van der Waals surface area contributed by atoms with Crippen LogP contribution in [-0.2, 0) is 33.3 Å². The normalized spacial score (nSPS) is 20.2. The molecule has 0 amide bonds. The molecule has 3 fully saturated rings. The average Bonchev–Trinajstić information content (AvgIpc) is 3.11. The van der Waals surface area contributed by atoms with Gasteiger partial charge in [-0.25, -0.2) is 0 Å². The van der Waals surface area contributed by atoms with E-state index in [-0.39, 0.29) is 18.0 Å². The third-order valence-corrected chi connectivity index (χ3v) is 10.2. The van der Waals surface area contributed by atoms with Crippen molar-refractivity contribution >= 4 is 11.9 Å². The van der Waals surface area contributed by atoms with E-state index in [1.165, 1.54) is 103 Å². The lowest BCUT2D eigenvalue weighted by Crippen LogP contribution is -2.70. The minimum atomic E-state index is -1.15. The van der Waals surface area contributed by atoms with Crippen molar-refractivity contribution in [2.45, 2.75) is 205 Å². The van der Waals surface area contributed by atoms with Gasteiger partial charge in [-0.05, 0) is 58.0 Å². The Morgan fingerprint density at radius 3 is 1.50 bits per heavy atom. The summed E-state index contributed by atoms with van der Waals surface area (Å²) in [7, 11) is 0. The lowest BCUT2D eigenvalue weighted by atomic mass is 10.0. The summed E-state index contributed by atoms with van der Waals surface area (Å²) < 4.78 is 29.5. The molecule has 9 heteroatoms. The van der Waals surface area contributed by atoms with Gasteiger partial charge in [0.25, 0.3) is 5.97 Å². The molecule has 0 saturated carbocycles. The zero-order chi connectivity index (χ0) is 36.2. The van der Waals surface area contributed by atoms with Crippen molar-refractivity contribution in [2.24, 2.45) is 5.73 Å². The van der Waals surface area contributed by atoms with Gasteiger partial charge in [-0.2, -0.15) is 0 Å². The van der Waals surface area contributed by atoms with Crippen LogP contribution in [0.3, 0.4) is 0 Å². The van der Waals surface area contributed by atoms with Crippen molar-refractivity contribution < 1.29 is 33.3 Å². The van der Waals surface area contributed by atoms with Gasteiger partial charge in [0.05, 0.1) is 38.5 Å². The van der Waals surface area contributed by atoms with Gasteiger partial charge in [0.1, 0.15) is 6.10 Å². The number of fused-ring (bicyclic) bond motifs is 3. The molecule has 0 unspecified atom stereocenters. The lowest BCUT2D eigenvalue weighted by Gasteiger charge is -2.51. The number of carbonyl (C=O) groups excluding carboxylic acids is 2. The summed E-state index contributed by atoms with van der Waals surface area (Å²) in [5, 5.41) is 0. The highest BCUT2D eigenvalue weighted by Gasteiger charge is 2.51. The number of carbonyl (C=O) groups is 2. The number of hydrogen-bond acceptors (Lipinski definition) is 9. The lowest BCUT2D eigenvalue weighted by molar-refractivity contribution is -0.453. The van der Waals surface area contributed by atoms with E-state index < -0.39 is 11.5 Å². The Kier molecular flexibility index (Phi) is 25.4. The molecule has 0 aliphatic carbocycles. The third kappa shape index (κ3) is 21.3. The van der Waals surface area contributed by atoms with E-state index in [1.54, 1.807) is 0 Å². The van der Waals surface area contributed by atoms with E-state index in [4.69, 9.17) is 29.4 Å². The first-order chi connectivity index (χ1) is 24.3. The first kappa shape index (κ1) is 44.9. The first-order valence-corrected chi connectivity index (χ1v) is 21.1. The predicted molar refractivity (Wildman–Crippen MR) is 202 cm³/mol. The van der Waals surface area contributed by atoms with Crippen LogP contribution in [0.2, 0.25) is 0 Å². The van der Waals surface area contributed by atoms with E-state index in [0.29, 0.717) is 71.7 Å². The Bertz CT molecular complexity index is 816. The van der Waals surface area contributed by atoms with Crippen LogP contribution in [0.4, 0.5) is 0 Å². The summed E-state index contributed by atoms with van der Waals surface area (Å²) >= 11 is 0. The van der Waals surface area contributed by atoms with Crippen LogP contribution in [-0.4, -0.2) is 80.5 Å². The number of hydrogen-bond donors (Lipinski definition) is 1. The number of nitrogens with two attached hydrogens (primary N) is 1. The van der Waals surface area contributed by atoms with Crippen LogP contribution in [0, 0.1) is 0 Å². The van der Waals surface area contributed by atoms with Gasteiger partial charge in [0.15, 0.2) is 0 Å². The van der Waals surface area contributed by atoms with Crippen LogP contribution in [0.25, 0.3) is 0 Å². The summed E-state index contributed by atoms with van der Waals surface area (Å²) in [6, 6.07) is 0. The van der Waals surface area contributed by atoms with E-state index in [0.717, 1.165) is 38.5 Å². The van der Waals surface area contributed by atoms with Gasteiger partial charge in [0.2, 0.25) is 0 Å². The highest BCUT2D eigenvalue weighted by Crippen LogP contribution is 2.32. The average molecular weight is 711 g/mol. The van der Waals surface area contributed by atoms with Gasteiger partial charge in [-0.15, -0.1) is 0 Å². The van der Waals surface area contributed by atoms with Crippen molar-refractivity contribution in [3.63, 3.8) is 0 Å². The largest absolute Gasteiger partial charge is 0.466 e. The summed E-state index contributed by atoms with van der Waals surface area (Å²) in [5.41, 5.74) is 5.67. The Labute approximate surface area is 306 Å². The molecule has 2 bridgehead atoms. The quantitative estimate of drug-likeness (QED) is 0.0516. The van der Waals surface area contributed by atoms with Crippen molar-refractivity contribution in [2.75, 3.05) is 46.1 Å². The number of ether oxygens (including phenoxy) is 5. The Morgan fingerprint density at radius 2 is 1.02 bits per heavy atom. The van der Waals surface area contributed by atoms with Crippen LogP contribution < -0.4 is 5.73 Å². The number of nitrogens with zero attached hydrogens (tertiary/aromatic N) is 1. The van der Waals surface area contributed by atoms with Gasteiger partial charge in [-0.1, -0.05) is 130 Å². The molecule has 0 aromatic rings. The fourth-order valence-corrected chi connectivity index (χ4v) is 6.89. The zero-order valence-corrected chi connectivity index (χ0v) is 32.8. The zero-order valence-electron chi connectivity index (χ0n) is 32.8. The smallest absolute Gasteiger partial charge is 0.306 e. The predicted octanol–water partition coefficient (Wildman–Crippen LogP) is 9.37. The molecule has 0 aromatic carbocycles. The van der Waals surface area contributed by atoms with Crippen LogP contribution in [0.1, 0.15) is 188 Å². The SMILES string of the molecule is CCCCCCCCCCOC(=O)CCCN(CCCC(=O)OC(CCCCCCCC)CCCCCCCC)CC12OCC(N)(CO1)CO2. The molecule has 3 saturated heterocycles. The van der Waals surface area contributed by atoms with Gasteiger partial charge >= 0.3 is 11.9 Å². The van der Waals surface area contributed by atoms with Gasteiger partial charge in [-0.3, -0.25) is 14.5 Å². The maximum Gasteiger partial charge on any atom is 0.306 e. The summed E-state index contributed by atoms with van der Waals surface area (Å²) in [5.74, 6) is -1.41. The number of unbranched alkanes of at least 4 members (excludes halogenated alkanes) is 17. The molecule has 0 radical (unpaired) electrons. The molecule has 3 heterocycles. The third-order valence-electron chi connectivity index (χ3n) is 10.2. The second-order valence-electron chi connectivity index (χ2n) is 15.3.